The Hall–Kier alpha value is -1.94. The highest BCUT2D eigenvalue weighted by atomic mass is 32.2. The predicted octanol–water partition coefficient (Wildman–Crippen LogP) is 10.9. The summed E-state index contributed by atoms with van der Waals surface area (Å²) in [7, 11) is -9.31. The zero-order valence-corrected chi connectivity index (χ0v) is 29.4. The monoisotopic (exact) mass is 666 g/mol. The zero-order chi connectivity index (χ0) is 33.0. The molecule has 0 saturated heterocycles. The van der Waals surface area contributed by atoms with Crippen LogP contribution in [0.4, 0.5) is 0 Å². The van der Waals surface area contributed by atoms with Crippen molar-refractivity contribution in [2.45, 2.75) is 165 Å². The van der Waals surface area contributed by atoms with Crippen molar-refractivity contribution in [2.24, 2.45) is 0 Å². The Balaban J connectivity index is 2.19. The number of hydrogen-bond donors (Lipinski definition) is 2. The van der Waals surface area contributed by atoms with Crippen molar-refractivity contribution >= 4 is 20.2 Å². The lowest BCUT2D eigenvalue weighted by molar-refractivity contribution is 0.427. The fourth-order valence-corrected chi connectivity index (χ4v) is 7.17. The Bertz CT molecular complexity index is 1320. The van der Waals surface area contributed by atoms with E-state index in [0.29, 0.717) is 12.0 Å². The van der Waals surface area contributed by atoms with Gasteiger partial charge in [-0.3, -0.25) is 9.11 Å². The SMILES string of the molecule is CCCCCCCCCCCCc1ccc(S(=O)(=O)O)c(Oc2ccccc2S(=O)(=O)O)c1CCCCCCCCCCCC. The van der Waals surface area contributed by atoms with Gasteiger partial charge in [-0.15, -0.1) is 0 Å². The van der Waals surface area contributed by atoms with Gasteiger partial charge < -0.3 is 4.74 Å². The highest BCUT2D eigenvalue weighted by Gasteiger charge is 2.25. The smallest absolute Gasteiger partial charge is 0.298 e. The summed E-state index contributed by atoms with van der Waals surface area (Å²) in [6.07, 6.45) is 25.0. The summed E-state index contributed by atoms with van der Waals surface area (Å²) in [5, 5.41) is 0. The minimum atomic E-state index is -4.67. The second-order valence-electron chi connectivity index (χ2n) is 12.4. The molecule has 2 N–H and O–H groups in total. The summed E-state index contributed by atoms with van der Waals surface area (Å²) in [4.78, 5) is -0.863. The summed E-state index contributed by atoms with van der Waals surface area (Å²) < 4.78 is 75.1. The summed E-state index contributed by atoms with van der Waals surface area (Å²) >= 11 is 0. The molecule has 0 aromatic heterocycles. The lowest BCUT2D eigenvalue weighted by Crippen LogP contribution is -2.08. The third-order valence-corrected chi connectivity index (χ3v) is 10.3. The lowest BCUT2D eigenvalue weighted by atomic mass is 9.95. The minimum absolute atomic E-state index is 0.0610. The van der Waals surface area contributed by atoms with Gasteiger partial charge in [-0.2, -0.15) is 16.8 Å². The highest BCUT2D eigenvalue weighted by Crippen LogP contribution is 2.38. The first-order valence-electron chi connectivity index (χ1n) is 17.5. The Morgan fingerprint density at radius 3 is 1.40 bits per heavy atom. The van der Waals surface area contributed by atoms with Crippen LogP contribution >= 0.6 is 0 Å². The van der Waals surface area contributed by atoms with E-state index in [4.69, 9.17) is 4.74 Å². The molecule has 0 unspecified atom stereocenters. The molecule has 2 rings (SSSR count). The number of benzene rings is 2. The van der Waals surface area contributed by atoms with Crippen LogP contribution in [0.15, 0.2) is 46.2 Å². The summed E-state index contributed by atoms with van der Waals surface area (Å²) in [5.41, 5.74) is 1.61. The van der Waals surface area contributed by atoms with Crippen molar-refractivity contribution in [3.8, 4) is 11.5 Å². The van der Waals surface area contributed by atoms with Gasteiger partial charge in [-0.25, -0.2) is 0 Å². The van der Waals surface area contributed by atoms with Gasteiger partial charge in [0.15, 0.2) is 5.75 Å². The zero-order valence-electron chi connectivity index (χ0n) is 27.8. The number of aryl methyl sites for hydroxylation is 1. The van der Waals surface area contributed by atoms with E-state index in [0.717, 1.165) is 56.9 Å². The molecule has 2 aromatic rings. The Morgan fingerprint density at radius 2 is 0.933 bits per heavy atom. The van der Waals surface area contributed by atoms with Gasteiger partial charge in [0.1, 0.15) is 15.5 Å². The van der Waals surface area contributed by atoms with Crippen molar-refractivity contribution in [1.82, 2.24) is 0 Å². The van der Waals surface area contributed by atoms with E-state index in [-0.39, 0.29) is 11.5 Å². The van der Waals surface area contributed by atoms with Crippen LogP contribution in [0.5, 0.6) is 11.5 Å². The number of unbranched alkanes of at least 4 members (excludes halogenated alkanes) is 18. The molecule has 0 saturated carbocycles. The van der Waals surface area contributed by atoms with E-state index < -0.39 is 30.0 Å². The molecule has 45 heavy (non-hydrogen) atoms. The number of ether oxygens (including phenoxy) is 1. The molecule has 0 spiro atoms. The van der Waals surface area contributed by atoms with E-state index in [2.05, 4.69) is 13.8 Å². The number of para-hydroxylation sites is 1. The highest BCUT2D eigenvalue weighted by molar-refractivity contribution is 7.86. The van der Waals surface area contributed by atoms with Crippen molar-refractivity contribution in [1.29, 1.82) is 0 Å². The van der Waals surface area contributed by atoms with Gasteiger partial charge in [0.25, 0.3) is 20.2 Å². The standard InChI is InChI=1S/C36H58O7S2/c1-3-5-7-9-11-13-15-17-19-21-25-31-29-30-35(45(40,41)42)36(43-33-27-23-24-28-34(33)44(37,38)39)32(31)26-22-20-18-16-14-12-10-8-6-4-2/h23-24,27-30H,3-22,25-26H2,1-2H3,(H,37,38,39)(H,40,41,42). The average molecular weight is 667 g/mol. The summed E-state index contributed by atoms with van der Waals surface area (Å²) in [5.74, 6) is -0.251. The van der Waals surface area contributed by atoms with Crippen molar-refractivity contribution in [2.75, 3.05) is 0 Å². The van der Waals surface area contributed by atoms with E-state index in [1.165, 1.54) is 108 Å². The van der Waals surface area contributed by atoms with E-state index in [1.54, 1.807) is 12.1 Å². The molecule has 0 fully saturated rings. The van der Waals surface area contributed by atoms with E-state index in [1.807, 2.05) is 0 Å². The van der Waals surface area contributed by atoms with E-state index in [9.17, 15) is 25.9 Å². The molecule has 0 amide bonds. The van der Waals surface area contributed by atoms with Gasteiger partial charge >= 0.3 is 0 Å². The first-order valence-corrected chi connectivity index (χ1v) is 20.3. The fraction of sp³-hybridized carbons (Fsp3) is 0.667. The Labute approximate surface area is 274 Å². The third-order valence-electron chi connectivity index (χ3n) is 8.52. The molecule has 0 atom stereocenters. The molecule has 0 radical (unpaired) electrons. The van der Waals surface area contributed by atoms with Crippen LogP contribution < -0.4 is 4.74 Å². The van der Waals surface area contributed by atoms with Crippen LogP contribution in [0.25, 0.3) is 0 Å². The topological polar surface area (TPSA) is 118 Å². The predicted molar refractivity (Wildman–Crippen MR) is 184 cm³/mol. The van der Waals surface area contributed by atoms with Crippen molar-refractivity contribution in [3.05, 3.63) is 47.5 Å². The minimum Gasteiger partial charge on any atom is -0.454 e. The van der Waals surface area contributed by atoms with Crippen LogP contribution in [0.1, 0.15) is 153 Å². The first kappa shape index (κ1) is 39.2. The van der Waals surface area contributed by atoms with Gasteiger partial charge in [0.05, 0.1) is 0 Å². The molecule has 0 heterocycles. The van der Waals surface area contributed by atoms with Gasteiger partial charge in [0, 0.05) is 0 Å². The van der Waals surface area contributed by atoms with Crippen molar-refractivity contribution in [3.63, 3.8) is 0 Å². The van der Waals surface area contributed by atoms with Crippen LogP contribution in [0.2, 0.25) is 0 Å². The van der Waals surface area contributed by atoms with Crippen LogP contribution in [-0.4, -0.2) is 25.9 Å². The van der Waals surface area contributed by atoms with Gasteiger partial charge in [0.2, 0.25) is 0 Å². The largest absolute Gasteiger partial charge is 0.454 e. The van der Waals surface area contributed by atoms with Crippen LogP contribution in [0, 0.1) is 0 Å². The maximum Gasteiger partial charge on any atom is 0.298 e. The molecular formula is C36H58O7S2. The lowest BCUT2D eigenvalue weighted by Gasteiger charge is -2.19. The molecular weight excluding hydrogens is 609 g/mol. The molecule has 2 aromatic carbocycles. The molecule has 0 bridgehead atoms. The quantitative estimate of drug-likeness (QED) is 0.0757. The second kappa shape index (κ2) is 21.8. The number of rotatable bonds is 26. The molecule has 0 aliphatic heterocycles. The van der Waals surface area contributed by atoms with Gasteiger partial charge in [-0.05, 0) is 55.0 Å². The Morgan fingerprint density at radius 1 is 0.511 bits per heavy atom. The van der Waals surface area contributed by atoms with Crippen molar-refractivity contribution < 1.29 is 30.7 Å². The van der Waals surface area contributed by atoms with E-state index >= 15 is 0 Å². The molecule has 7 nitrogen and oxygen atoms in total. The molecule has 0 aliphatic carbocycles. The third kappa shape index (κ3) is 15.5. The van der Waals surface area contributed by atoms with Gasteiger partial charge in [-0.1, -0.05) is 148 Å². The summed E-state index contributed by atoms with van der Waals surface area (Å²) in [6, 6.07) is 8.67. The maximum absolute atomic E-state index is 12.5. The average Bonchev–Trinajstić information content (AvgIpc) is 2.99. The number of hydrogen-bond acceptors (Lipinski definition) is 5. The molecule has 0 aliphatic rings. The Kier molecular flexibility index (Phi) is 19.0. The summed E-state index contributed by atoms with van der Waals surface area (Å²) in [6.45, 7) is 4.45. The molecule has 9 heteroatoms. The maximum atomic E-state index is 12.5. The second-order valence-corrected chi connectivity index (χ2v) is 15.2. The fourth-order valence-electron chi connectivity index (χ4n) is 5.92. The van der Waals surface area contributed by atoms with Crippen LogP contribution in [0.3, 0.4) is 0 Å². The normalized spacial score (nSPS) is 12.1. The first-order chi connectivity index (χ1) is 21.6. The molecule has 256 valence electrons. The van der Waals surface area contributed by atoms with Crippen LogP contribution in [-0.2, 0) is 33.1 Å².